The van der Waals surface area contributed by atoms with E-state index in [4.69, 9.17) is 4.42 Å². The number of aromatic nitrogens is 2. The molecule has 0 amide bonds. The van der Waals surface area contributed by atoms with Crippen molar-refractivity contribution < 1.29 is 9.52 Å². The highest BCUT2D eigenvalue weighted by Crippen LogP contribution is 2.29. The first kappa shape index (κ1) is 11.0. The molecule has 1 atom stereocenters. The zero-order valence-corrected chi connectivity index (χ0v) is 10.3. The first-order valence-electron chi connectivity index (χ1n) is 5.81. The average Bonchev–Trinajstić information content (AvgIpc) is 2.95. The second kappa shape index (κ2) is 3.99. The summed E-state index contributed by atoms with van der Waals surface area (Å²) in [5.74, 6) is 0.548. The number of rotatable bonds is 2. The molecular weight excluding hydrogens is 228 g/mol. The van der Waals surface area contributed by atoms with E-state index in [1.165, 1.54) is 0 Å². The number of hydrogen-bond donors (Lipinski definition) is 1. The molecule has 4 nitrogen and oxygen atoms in total. The van der Waals surface area contributed by atoms with Crippen LogP contribution in [0.4, 0.5) is 0 Å². The Kier molecular flexibility index (Phi) is 2.45. The van der Waals surface area contributed by atoms with Gasteiger partial charge in [0.05, 0.1) is 6.20 Å². The summed E-state index contributed by atoms with van der Waals surface area (Å²) in [6, 6.07) is 7.82. The van der Waals surface area contributed by atoms with Crippen LogP contribution in [0.5, 0.6) is 0 Å². The van der Waals surface area contributed by atoms with Crippen LogP contribution in [-0.2, 0) is 7.05 Å². The van der Waals surface area contributed by atoms with Gasteiger partial charge in [-0.3, -0.25) is 4.68 Å². The quantitative estimate of drug-likeness (QED) is 0.751. The van der Waals surface area contributed by atoms with Crippen LogP contribution in [-0.4, -0.2) is 14.9 Å². The summed E-state index contributed by atoms with van der Waals surface area (Å²) in [5, 5.41) is 15.3. The minimum Gasteiger partial charge on any atom is -0.458 e. The summed E-state index contributed by atoms with van der Waals surface area (Å²) in [7, 11) is 1.82. The van der Waals surface area contributed by atoms with Gasteiger partial charge in [0, 0.05) is 24.2 Å². The van der Waals surface area contributed by atoms with Crippen molar-refractivity contribution in [1.82, 2.24) is 9.78 Å². The van der Waals surface area contributed by atoms with Gasteiger partial charge in [0.1, 0.15) is 17.4 Å². The van der Waals surface area contributed by atoms with E-state index in [1.54, 1.807) is 17.1 Å². The molecule has 92 valence electrons. The SMILES string of the molecule is Cc1cccc2cc(C(O)c3cnn(C)c3)oc12. The fraction of sp³-hybridized carbons (Fsp3) is 0.214. The van der Waals surface area contributed by atoms with Crippen molar-refractivity contribution in [1.29, 1.82) is 0 Å². The molecule has 2 aromatic heterocycles. The van der Waals surface area contributed by atoms with Crippen LogP contribution in [0.2, 0.25) is 0 Å². The average molecular weight is 242 g/mol. The largest absolute Gasteiger partial charge is 0.458 e. The molecular formula is C14H14N2O2. The first-order valence-corrected chi connectivity index (χ1v) is 5.81. The Morgan fingerprint density at radius 3 is 2.89 bits per heavy atom. The molecule has 3 rings (SSSR count). The van der Waals surface area contributed by atoms with Gasteiger partial charge in [0.25, 0.3) is 0 Å². The second-order valence-corrected chi connectivity index (χ2v) is 4.49. The van der Waals surface area contributed by atoms with E-state index in [1.807, 2.05) is 38.2 Å². The lowest BCUT2D eigenvalue weighted by molar-refractivity contribution is 0.192. The van der Waals surface area contributed by atoms with E-state index < -0.39 is 6.10 Å². The highest BCUT2D eigenvalue weighted by Gasteiger charge is 2.17. The minimum atomic E-state index is -0.773. The van der Waals surface area contributed by atoms with Crippen molar-refractivity contribution >= 4 is 11.0 Å². The highest BCUT2D eigenvalue weighted by atomic mass is 16.4. The van der Waals surface area contributed by atoms with Crippen molar-refractivity contribution in [3.05, 3.63) is 53.5 Å². The molecule has 0 saturated heterocycles. The van der Waals surface area contributed by atoms with Gasteiger partial charge in [-0.2, -0.15) is 5.10 Å². The smallest absolute Gasteiger partial charge is 0.140 e. The Morgan fingerprint density at radius 1 is 1.39 bits per heavy atom. The molecule has 3 aromatic rings. The highest BCUT2D eigenvalue weighted by molar-refractivity contribution is 5.81. The number of aliphatic hydroxyl groups excluding tert-OH is 1. The van der Waals surface area contributed by atoms with Crippen LogP contribution in [0.15, 0.2) is 41.1 Å². The molecule has 0 radical (unpaired) electrons. The molecule has 2 heterocycles. The van der Waals surface area contributed by atoms with Crippen molar-refractivity contribution in [2.24, 2.45) is 7.05 Å². The van der Waals surface area contributed by atoms with E-state index in [0.717, 1.165) is 22.1 Å². The summed E-state index contributed by atoms with van der Waals surface area (Å²) in [5.41, 5.74) is 2.63. The van der Waals surface area contributed by atoms with Crippen LogP contribution >= 0.6 is 0 Å². The molecule has 0 spiro atoms. The Bertz CT molecular complexity index is 697. The molecule has 0 bridgehead atoms. The van der Waals surface area contributed by atoms with Crippen molar-refractivity contribution in [3.63, 3.8) is 0 Å². The fourth-order valence-electron chi connectivity index (χ4n) is 2.11. The number of nitrogens with zero attached hydrogens (tertiary/aromatic N) is 2. The van der Waals surface area contributed by atoms with Gasteiger partial charge in [-0.1, -0.05) is 18.2 Å². The molecule has 18 heavy (non-hydrogen) atoms. The van der Waals surface area contributed by atoms with Gasteiger partial charge < -0.3 is 9.52 Å². The summed E-state index contributed by atoms with van der Waals surface area (Å²) in [4.78, 5) is 0. The molecule has 0 aliphatic rings. The Morgan fingerprint density at radius 2 is 2.22 bits per heavy atom. The Balaban J connectivity index is 2.06. The zero-order valence-electron chi connectivity index (χ0n) is 10.3. The number of benzene rings is 1. The molecule has 1 unspecified atom stereocenters. The van der Waals surface area contributed by atoms with Crippen molar-refractivity contribution in [3.8, 4) is 0 Å². The van der Waals surface area contributed by atoms with Crippen molar-refractivity contribution in [2.75, 3.05) is 0 Å². The molecule has 0 aliphatic carbocycles. The molecule has 0 aliphatic heterocycles. The first-order chi connectivity index (χ1) is 8.65. The normalized spacial score (nSPS) is 13.1. The van der Waals surface area contributed by atoms with E-state index in [0.29, 0.717) is 5.76 Å². The zero-order chi connectivity index (χ0) is 12.7. The topological polar surface area (TPSA) is 51.2 Å². The lowest BCUT2D eigenvalue weighted by atomic mass is 10.1. The number of furan rings is 1. The van der Waals surface area contributed by atoms with E-state index in [9.17, 15) is 5.11 Å². The Hall–Kier alpha value is -2.07. The summed E-state index contributed by atoms with van der Waals surface area (Å²) < 4.78 is 7.40. The minimum absolute atomic E-state index is 0.548. The molecule has 0 fully saturated rings. The van der Waals surface area contributed by atoms with Crippen LogP contribution < -0.4 is 0 Å². The maximum absolute atomic E-state index is 10.3. The van der Waals surface area contributed by atoms with Gasteiger partial charge >= 0.3 is 0 Å². The maximum atomic E-state index is 10.3. The lowest BCUT2D eigenvalue weighted by Crippen LogP contribution is -1.96. The number of para-hydroxylation sites is 1. The van der Waals surface area contributed by atoms with Crippen LogP contribution in [0.1, 0.15) is 23.0 Å². The van der Waals surface area contributed by atoms with Gasteiger partial charge in [-0.15, -0.1) is 0 Å². The second-order valence-electron chi connectivity index (χ2n) is 4.49. The van der Waals surface area contributed by atoms with Gasteiger partial charge in [0.2, 0.25) is 0 Å². The lowest BCUT2D eigenvalue weighted by Gasteiger charge is -2.03. The number of aryl methyl sites for hydroxylation is 2. The summed E-state index contributed by atoms with van der Waals surface area (Å²) >= 11 is 0. The third-order valence-corrected chi connectivity index (χ3v) is 3.07. The fourth-order valence-corrected chi connectivity index (χ4v) is 2.11. The molecule has 0 saturated carbocycles. The van der Waals surface area contributed by atoms with Crippen molar-refractivity contribution in [2.45, 2.75) is 13.0 Å². The molecule has 1 aromatic carbocycles. The van der Waals surface area contributed by atoms with Crippen LogP contribution in [0, 0.1) is 6.92 Å². The number of aliphatic hydroxyl groups is 1. The predicted molar refractivity (Wildman–Crippen MR) is 68.2 cm³/mol. The predicted octanol–water partition coefficient (Wildman–Crippen LogP) is 2.56. The van der Waals surface area contributed by atoms with Gasteiger partial charge in [-0.25, -0.2) is 0 Å². The number of fused-ring (bicyclic) bond motifs is 1. The van der Waals surface area contributed by atoms with Gasteiger partial charge in [-0.05, 0) is 18.6 Å². The van der Waals surface area contributed by atoms with E-state index in [-0.39, 0.29) is 0 Å². The monoisotopic (exact) mass is 242 g/mol. The Labute approximate surface area is 104 Å². The van der Waals surface area contributed by atoms with E-state index in [2.05, 4.69) is 5.10 Å². The van der Waals surface area contributed by atoms with Crippen LogP contribution in [0.3, 0.4) is 0 Å². The summed E-state index contributed by atoms with van der Waals surface area (Å²) in [6.45, 7) is 1.99. The van der Waals surface area contributed by atoms with Crippen LogP contribution in [0.25, 0.3) is 11.0 Å². The third kappa shape index (κ3) is 1.71. The third-order valence-electron chi connectivity index (χ3n) is 3.07. The standard InChI is InChI=1S/C14H14N2O2/c1-9-4-3-5-10-6-12(18-14(9)10)13(17)11-7-15-16(2)8-11/h3-8,13,17H,1-2H3. The molecule has 1 N–H and O–H groups in total. The van der Waals surface area contributed by atoms with E-state index >= 15 is 0 Å². The summed E-state index contributed by atoms with van der Waals surface area (Å²) in [6.07, 6.45) is 2.65. The number of hydrogen-bond acceptors (Lipinski definition) is 3. The maximum Gasteiger partial charge on any atom is 0.140 e. The molecule has 4 heteroatoms. The van der Waals surface area contributed by atoms with Gasteiger partial charge in [0.15, 0.2) is 0 Å².